The van der Waals surface area contributed by atoms with Crippen molar-refractivity contribution >= 4 is 21.9 Å². The molecule has 10 heteroatoms. The Balaban J connectivity index is 1.28. The van der Waals surface area contributed by atoms with E-state index in [9.17, 15) is 13.2 Å². The average Bonchev–Trinajstić information content (AvgIpc) is 3.32. The van der Waals surface area contributed by atoms with Crippen molar-refractivity contribution in [3.8, 4) is 17.2 Å². The number of carbonyl (C=O) groups excluding carboxylic acids is 1. The fraction of sp³-hybridized carbons (Fsp3) is 0.241. The Morgan fingerprint density at radius 3 is 2.49 bits per heavy atom. The number of nitrogens with zero attached hydrogens (tertiary/aromatic N) is 3. The molecule has 39 heavy (non-hydrogen) atoms. The van der Waals surface area contributed by atoms with Gasteiger partial charge in [-0.15, -0.1) is 0 Å². The number of hydroxylamine groups is 1. The Morgan fingerprint density at radius 1 is 1.03 bits per heavy atom. The first-order valence-electron chi connectivity index (χ1n) is 12.6. The molecule has 0 unspecified atom stereocenters. The van der Waals surface area contributed by atoms with Crippen LogP contribution in [0.25, 0.3) is 11.5 Å². The van der Waals surface area contributed by atoms with E-state index in [-0.39, 0.29) is 13.2 Å². The van der Waals surface area contributed by atoms with Gasteiger partial charge in [0.1, 0.15) is 23.8 Å². The van der Waals surface area contributed by atoms with Crippen LogP contribution in [0.5, 0.6) is 5.75 Å². The van der Waals surface area contributed by atoms with E-state index in [1.54, 1.807) is 36.4 Å². The van der Waals surface area contributed by atoms with Gasteiger partial charge in [-0.05, 0) is 65.7 Å². The molecule has 0 fully saturated rings. The summed E-state index contributed by atoms with van der Waals surface area (Å²) in [6.07, 6.45) is 1.46. The maximum atomic E-state index is 13.6. The summed E-state index contributed by atoms with van der Waals surface area (Å²) < 4.78 is 40.9. The second kappa shape index (κ2) is 11.3. The highest BCUT2D eigenvalue weighted by atomic mass is 32.2. The fourth-order valence-electron chi connectivity index (χ4n) is 4.41. The summed E-state index contributed by atoms with van der Waals surface area (Å²) >= 11 is 0. The SMILES string of the molecule is CC(=O)ON(Cc1ccc(OCc2nc(-c3ccccc3)oc2C)cc1)S(=O)(=O)N1CCCc2ccccc21. The maximum absolute atomic E-state index is 13.6. The minimum Gasteiger partial charge on any atom is -0.487 e. The third-order valence-electron chi connectivity index (χ3n) is 6.36. The van der Waals surface area contributed by atoms with Crippen molar-refractivity contribution < 1.29 is 27.2 Å². The molecule has 1 aliphatic heterocycles. The summed E-state index contributed by atoms with van der Waals surface area (Å²) in [6, 6.07) is 23.9. The Kier molecular flexibility index (Phi) is 7.67. The topological polar surface area (TPSA) is 102 Å². The molecular weight excluding hydrogens is 518 g/mol. The van der Waals surface area contributed by atoms with Gasteiger partial charge in [0, 0.05) is 19.0 Å². The van der Waals surface area contributed by atoms with Crippen LogP contribution in [0.2, 0.25) is 0 Å². The number of hydrogen-bond donors (Lipinski definition) is 0. The first-order valence-corrected chi connectivity index (χ1v) is 14.0. The molecule has 0 saturated carbocycles. The summed E-state index contributed by atoms with van der Waals surface area (Å²) in [5.41, 5.74) is 3.74. The number of aryl methyl sites for hydroxylation is 2. The average molecular weight is 548 g/mol. The van der Waals surface area contributed by atoms with E-state index in [2.05, 4.69) is 4.98 Å². The van der Waals surface area contributed by atoms with Crippen LogP contribution in [0.1, 0.15) is 35.9 Å². The molecule has 4 aromatic rings. The molecule has 3 aromatic carbocycles. The Labute approximate surface area is 227 Å². The van der Waals surface area contributed by atoms with Crippen LogP contribution < -0.4 is 9.04 Å². The quantitative estimate of drug-likeness (QED) is 0.265. The molecule has 2 heterocycles. The maximum Gasteiger partial charge on any atom is 0.335 e. The highest BCUT2D eigenvalue weighted by Gasteiger charge is 2.35. The van der Waals surface area contributed by atoms with Gasteiger partial charge in [-0.25, -0.2) is 4.98 Å². The molecule has 0 amide bonds. The standard InChI is InChI=1S/C29H29N3O6S/c1-21-27(30-29(37-21)25-10-4-3-5-11-25)20-36-26-16-14-23(15-17-26)19-32(38-22(2)33)39(34,35)31-18-8-12-24-9-6-7-13-28(24)31/h3-7,9-11,13-17H,8,12,18-20H2,1-2H3. The van der Waals surface area contributed by atoms with Crippen LogP contribution in [-0.2, 0) is 39.4 Å². The zero-order valence-corrected chi connectivity index (χ0v) is 22.6. The van der Waals surface area contributed by atoms with Gasteiger partial charge in [-0.1, -0.05) is 48.5 Å². The van der Waals surface area contributed by atoms with E-state index < -0.39 is 16.2 Å². The zero-order chi connectivity index (χ0) is 27.4. The third kappa shape index (κ3) is 5.97. The van der Waals surface area contributed by atoms with Gasteiger partial charge < -0.3 is 14.0 Å². The number of carbonyl (C=O) groups is 1. The molecule has 202 valence electrons. The first kappa shape index (κ1) is 26.5. The molecule has 0 saturated heterocycles. The summed E-state index contributed by atoms with van der Waals surface area (Å²) in [4.78, 5) is 21.6. The van der Waals surface area contributed by atoms with Crippen molar-refractivity contribution in [2.24, 2.45) is 0 Å². The van der Waals surface area contributed by atoms with Gasteiger partial charge in [-0.2, -0.15) is 8.42 Å². The molecule has 0 radical (unpaired) electrons. The van der Waals surface area contributed by atoms with Crippen molar-refractivity contribution in [3.05, 3.63) is 101 Å². The lowest BCUT2D eigenvalue weighted by molar-refractivity contribution is -0.168. The van der Waals surface area contributed by atoms with Crippen molar-refractivity contribution in [1.82, 2.24) is 9.45 Å². The van der Waals surface area contributed by atoms with E-state index in [1.807, 2.05) is 49.4 Å². The number of ether oxygens (including phenoxy) is 1. The second-order valence-corrected chi connectivity index (χ2v) is 10.9. The number of anilines is 1. The summed E-state index contributed by atoms with van der Waals surface area (Å²) in [5, 5.41) is 0. The number of fused-ring (bicyclic) bond motifs is 1. The van der Waals surface area contributed by atoms with Gasteiger partial charge in [0.05, 0.1) is 12.2 Å². The zero-order valence-electron chi connectivity index (χ0n) is 21.7. The van der Waals surface area contributed by atoms with Gasteiger partial charge in [-0.3, -0.25) is 9.10 Å². The number of oxazole rings is 1. The molecule has 5 rings (SSSR count). The molecule has 1 aliphatic rings. The van der Waals surface area contributed by atoms with E-state index in [0.29, 0.717) is 47.3 Å². The lowest BCUT2D eigenvalue weighted by Gasteiger charge is -2.33. The summed E-state index contributed by atoms with van der Waals surface area (Å²) in [6.45, 7) is 3.38. The number of benzene rings is 3. The van der Waals surface area contributed by atoms with Crippen molar-refractivity contribution in [2.75, 3.05) is 10.8 Å². The van der Waals surface area contributed by atoms with Crippen LogP contribution in [0, 0.1) is 6.92 Å². The minimum absolute atomic E-state index is 0.149. The van der Waals surface area contributed by atoms with Crippen molar-refractivity contribution in [1.29, 1.82) is 0 Å². The molecule has 1 aromatic heterocycles. The number of aromatic nitrogens is 1. The Hall–Kier alpha value is -4.15. The first-order chi connectivity index (χ1) is 18.8. The van der Waals surface area contributed by atoms with Gasteiger partial charge in [0.15, 0.2) is 0 Å². The van der Waals surface area contributed by atoms with Crippen LogP contribution in [0.3, 0.4) is 0 Å². The lowest BCUT2D eigenvalue weighted by atomic mass is 10.0. The van der Waals surface area contributed by atoms with Gasteiger partial charge >= 0.3 is 16.2 Å². The van der Waals surface area contributed by atoms with Crippen LogP contribution in [0.4, 0.5) is 5.69 Å². The molecule has 0 N–H and O–H groups in total. The van der Waals surface area contributed by atoms with Crippen molar-refractivity contribution in [3.63, 3.8) is 0 Å². The Morgan fingerprint density at radius 2 is 1.74 bits per heavy atom. The monoisotopic (exact) mass is 547 g/mol. The number of hydrogen-bond acceptors (Lipinski definition) is 7. The molecule has 0 aliphatic carbocycles. The van der Waals surface area contributed by atoms with Gasteiger partial charge in [0.25, 0.3) is 0 Å². The number of para-hydroxylation sites is 1. The van der Waals surface area contributed by atoms with E-state index >= 15 is 0 Å². The normalized spacial score (nSPS) is 13.3. The Bertz CT molecular complexity index is 1550. The predicted molar refractivity (Wildman–Crippen MR) is 146 cm³/mol. The van der Waals surface area contributed by atoms with Crippen LogP contribution >= 0.6 is 0 Å². The highest BCUT2D eigenvalue weighted by Crippen LogP contribution is 2.31. The minimum atomic E-state index is -4.14. The largest absolute Gasteiger partial charge is 0.487 e. The van der Waals surface area contributed by atoms with E-state index in [0.717, 1.165) is 22.0 Å². The molecule has 0 atom stereocenters. The molecule has 0 spiro atoms. The van der Waals surface area contributed by atoms with Crippen LogP contribution in [0.15, 0.2) is 83.3 Å². The molecule has 9 nitrogen and oxygen atoms in total. The van der Waals surface area contributed by atoms with Crippen molar-refractivity contribution in [2.45, 2.75) is 39.8 Å². The second-order valence-electron chi connectivity index (χ2n) is 9.18. The summed E-state index contributed by atoms with van der Waals surface area (Å²) in [7, 11) is -4.14. The predicted octanol–water partition coefficient (Wildman–Crippen LogP) is 5.21. The lowest BCUT2D eigenvalue weighted by Crippen LogP contribution is -2.46. The number of rotatable bonds is 9. The fourth-order valence-corrected chi connectivity index (χ4v) is 5.93. The molecule has 0 bridgehead atoms. The van der Waals surface area contributed by atoms with Crippen LogP contribution in [-0.4, -0.2) is 30.4 Å². The smallest absolute Gasteiger partial charge is 0.335 e. The highest BCUT2D eigenvalue weighted by molar-refractivity contribution is 7.90. The van der Waals surface area contributed by atoms with Gasteiger partial charge in [0.2, 0.25) is 5.89 Å². The third-order valence-corrected chi connectivity index (χ3v) is 8.01. The summed E-state index contributed by atoms with van der Waals surface area (Å²) in [5.74, 6) is 1.06. The van der Waals surface area contributed by atoms with E-state index in [4.69, 9.17) is 14.0 Å². The molecular formula is C29H29N3O6S. The van der Waals surface area contributed by atoms with E-state index in [1.165, 1.54) is 11.2 Å².